The van der Waals surface area contributed by atoms with Crippen LogP contribution in [0, 0.1) is 19.8 Å². The average molecular weight is 382 g/mol. The predicted octanol–water partition coefficient (Wildman–Crippen LogP) is 3.54. The number of aryl methyl sites for hydroxylation is 2. The van der Waals surface area contributed by atoms with Crippen molar-refractivity contribution in [3.8, 4) is 11.3 Å². The van der Waals surface area contributed by atoms with Crippen molar-refractivity contribution in [3.63, 3.8) is 0 Å². The molecule has 0 radical (unpaired) electrons. The van der Waals surface area contributed by atoms with Gasteiger partial charge in [0.1, 0.15) is 0 Å². The Morgan fingerprint density at radius 2 is 2.08 bits per heavy atom. The van der Waals surface area contributed by atoms with Crippen molar-refractivity contribution < 1.29 is 9.53 Å². The van der Waals surface area contributed by atoms with Gasteiger partial charge in [0.15, 0.2) is 5.13 Å². The number of anilines is 1. The fourth-order valence-electron chi connectivity index (χ4n) is 3.03. The second kappa shape index (κ2) is 8.76. The summed E-state index contributed by atoms with van der Waals surface area (Å²) < 4.78 is 5.32. The van der Waals surface area contributed by atoms with Gasteiger partial charge in [0.25, 0.3) is 0 Å². The molecule has 1 aliphatic heterocycles. The van der Waals surface area contributed by atoms with E-state index in [1.807, 2.05) is 5.38 Å². The summed E-state index contributed by atoms with van der Waals surface area (Å²) in [6, 6.07) is 5.76. The third-order valence-corrected chi connectivity index (χ3v) is 5.23. The average Bonchev–Trinajstić information content (AvgIpc) is 3.03. The van der Waals surface area contributed by atoms with Gasteiger partial charge >= 0.3 is 0 Å². The molecule has 3 rings (SSSR count). The van der Waals surface area contributed by atoms with Crippen molar-refractivity contribution in [1.82, 2.24) is 4.98 Å². The molecule has 7 heteroatoms. The Kier molecular flexibility index (Phi) is 6.95. The number of hydrogen-bond acceptors (Lipinski definition) is 5. The van der Waals surface area contributed by atoms with Gasteiger partial charge in [-0.05, 0) is 38.2 Å². The van der Waals surface area contributed by atoms with Crippen molar-refractivity contribution in [1.29, 1.82) is 0 Å². The summed E-state index contributed by atoms with van der Waals surface area (Å²) in [6.07, 6.45) is 1.67. The van der Waals surface area contributed by atoms with Crippen molar-refractivity contribution in [2.75, 3.05) is 18.5 Å². The minimum absolute atomic E-state index is 0. The van der Waals surface area contributed by atoms with Crippen LogP contribution < -0.4 is 11.1 Å². The molecule has 1 amide bonds. The Labute approximate surface area is 158 Å². The zero-order valence-corrected chi connectivity index (χ0v) is 16.1. The molecule has 1 aliphatic rings. The largest absolute Gasteiger partial charge is 0.381 e. The molecule has 3 N–H and O–H groups in total. The summed E-state index contributed by atoms with van der Waals surface area (Å²) in [6.45, 7) is 5.50. The molecule has 1 aromatic heterocycles. The van der Waals surface area contributed by atoms with E-state index in [0.717, 1.165) is 24.1 Å². The zero-order valence-electron chi connectivity index (χ0n) is 14.5. The number of halogens is 1. The first-order valence-electron chi connectivity index (χ1n) is 8.22. The van der Waals surface area contributed by atoms with Crippen LogP contribution in [0.5, 0.6) is 0 Å². The van der Waals surface area contributed by atoms with Crippen molar-refractivity contribution in [3.05, 3.63) is 34.7 Å². The molecule has 0 saturated carbocycles. The van der Waals surface area contributed by atoms with Gasteiger partial charge in [-0.15, -0.1) is 23.7 Å². The summed E-state index contributed by atoms with van der Waals surface area (Å²) in [7, 11) is 0. The fraction of sp³-hybridized carbons (Fsp3) is 0.444. The summed E-state index contributed by atoms with van der Waals surface area (Å²) in [5, 5.41) is 5.42. The van der Waals surface area contributed by atoms with Gasteiger partial charge in [0, 0.05) is 24.2 Å². The number of nitrogens with zero attached hydrogens (tertiary/aromatic N) is 1. The number of aromatic nitrogens is 1. The number of carbonyl (C=O) groups is 1. The van der Waals surface area contributed by atoms with Crippen LogP contribution in [0.1, 0.15) is 24.0 Å². The van der Waals surface area contributed by atoms with E-state index in [1.54, 1.807) is 0 Å². The lowest BCUT2D eigenvalue weighted by Gasteiger charge is -2.26. The van der Waals surface area contributed by atoms with E-state index in [2.05, 4.69) is 42.3 Å². The monoisotopic (exact) mass is 381 g/mol. The number of nitrogens with one attached hydrogen (secondary N) is 1. The molecular weight excluding hydrogens is 358 g/mol. The maximum Gasteiger partial charge on any atom is 0.243 e. The molecule has 0 aliphatic carbocycles. The number of rotatable bonds is 4. The molecule has 0 bridgehead atoms. The molecule has 5 nitrogen and oxygen atoms in total. The van der Waals surface area contributed by atoms with Crippen LogP contribution in [0.25, 0.3) is 11.3 Å². The maximum atomic E-state index is 12.4. The third-order valence-electron chi connectivity index (χ3n) is 4.47. The zero-order chi connectivity index (χ0) is 17.1. The van der Waals surface area contributed by atoms with Crippen molar-refractivity contribution in [2.45, 2.75) is 32.7 Å². The normalized spacial score (nSPS) is 16.1. The van der Waals surface area contributed by atoms with Crippen LogP contribution in [0.15, 0.2) is 23.6 Å². The quantitative estimate of drug-likeness (QED) is 0.849. The summed E-state index contributed by atoms with van der Waals surface area (Å²) >= 11 is 1.43. The van der Waals surface area contributed by atoms with Crippen LogP contribution in [-0.2, 0) is 9.53 Å². The summed E-state index contributed by atoms with van der Waals surface area (Å²) in [5.41, 5.74) is 10.5. The Balaban J connectivity index is 0.00000225. The topological polar surface area (TPSA) is 77.2 Å². The molecule has 1 atom stereocenters. The smallest absolute Gasteiger partial charge is 0.243 e. The third kappa shape index (κ3) is 4.79. The first kappa shape index (κ1) is 19.8. The lowest BCUT2D eigenvalue weighted by atomic mass is 9.92. The molecule has 1 unspecified atom stereocenters. The highest BCUT2D eigenvalue weighted by Crippen LogP contribution is 2.28. The lowest BCUT2D eigenvalue weighted by molar-refractivity contribution is -0.119. The van der Waals surface area contributed by atoms with Gasteiger partial charge in [-0.1, -0.05) is 23.8 Å². The molecule has 25 heavy (non-hydrogen) atoms. The second-order valence-electron chi connectivity index (χ2n) is 6.32. The van der Waals surface area contributed by atoms with Gasteiger partial charge in [-0.25, -0.2) is 4.98 Å². The standard InChI is InChI=1S/C18H23N3O2S.ClH/c1-11-3-4-14(12(2)9-11)15-10-24-18(20-15)21-17(22)16(19)13-5-7-23-8-6-13;/h3-4,9-10,13,16H,5-8,19H2,1-2H3,(H,20,21,22);1H. The first-order valence-corrected chi connectivity index (χ1v) is 9.10. The van der Waals surface area contributed by atoms with E-state index < -0.39 is 6.04 Å². The molecule has 1 aromatic carbocycles. The molecule has 1 fully saturated rings. The number of nitrogens with two attached hydrogens (primary N) is 1. The van der Waals surface area contributed by atoms with Crippen molar-refractivity contribution >= 4 is 34.8 Å². The summed E-state index contributed by atoms with van der Waals surface area (Å²) in [4.78, 5) is 16.9. The van der Waals surface area contributed by atoms with Gasteiger partial charge in [0.2, 0.25) is 5.91 Å². The Hall–Kier alpha value is -1.47. The van der Waals surface area contributed by atoms with E-state index in [-0.39, 0.29) is 24.2 Å². The van der Waals surface area contributed by atoms with Crippen molar-refractivity contribution in [2.24, 2.45) is 11.7 Å². The number of ether oxygens (including phenoxy) is 1. The minimum atomic E-state index is -0.512. The molecule has 1 saturated heterocycles. The van der Waals surface area contributed by atoms with E-state index in [9.17, 15) is 4.79 Å². The first-order chi connectivity index (χ1) is 11.5. The highest BCUT2D eigenvalue weighted by Gasteiger charge is 2.27. The summed E-state index contributed by atoms with van der Waals surface area (Å²) in [5.74, 6) is 0.0148. The Bertz CT molecular complexity index is 729. The highest BCUT2D eigenvalue weighted by molar-refractivity contribution is 7.14. The fourth-order valence-corrected chi connectivity index (χ4v) is 3.75. The van der Waals surface area contributed by atoms with Gasteiger partial charge in [0.05, 0.1) is 11.7 Å². The predicted molar refractivity (Wildman–Crippen MR) is 104 cm³/mol. The number of amides is 1. The highest BCUT2D eigenvalue weighted by atomic mass is 35.5. The van der Waals surface area contributed by atoms with Gasteiger partial charge in [-0.3, -0.25) is 4.79 Å². The number of benzene rings is 1. The minimum Gasteiger partial charge on any atom is -0.381 e. The SMILES string of the molecule is Cc1ccc(-c2csc(NC(=O)C(N)C3CCOCC3)n2)c(C)c1.Cl. The van der Waals surface area contributed by atoms with E-state index in [4.69, 9.17) is 10.5 Å². The number of thiazole rings is 1. The molecular formula is C18H24ClN3O2S. The lowest BCUT2D eigenvalue weighted by Crippen LogP contribution is -2.43. The maximum absolute atomic E-state index is 12.4. The van der Waals surface area contributed by atoms with Gasteiger partial charge < -0.3 is 15.8 Å². The van der Waals surface area contributed by atoms with Crippen LogP contribution >= 0.6 is 23.7 Å². The second-order valence-corrected chi connectivity index (χ2v) is 7.18. The Morgan fingerprint density at radius 3 is 2.76 bits per heavy atom. The van der Waals surface area contributed by atoms with Crippen LogP contribution in [-0.4, -0.2) is 30.1 Å². The molecule has 2 aromatic rings. The van der Waals surface area contributed by atoms with Crippen LogP contribution in [0.2, 0.25) is 0 Å². The number of hydrogen-bond donors (Lipinski definition) is 2. The van der Waals surface area contributed by atoms with Crippen LogP contribution in [0.3, 0.4) is 0 Å². The molecule has 2 heterocycles. The number of carbonyl (C=O) groups excluding carboxylic acids is 1. The van der Waals surface area contributed by atoms with E-state index in [1.165, 1.54) is 22.5 Å². The Morgan fingerprint density at radius 1 is 1.36 bits per heavy atom. The molecule has 136 valence electrons. The van der Waals surface area contributed by atoms with Gasteiger partial charge in [-0.2, -0.15) is 0 Å². The van der Waals surface area contributed by atoms with Crippen LogP contribution in [0.4, 0.5) is 5.13 Å². The molecule has 0 spiro atoms. The van der Waals surface area contributed by atoms with E-state index >= 15 is 0 Å². The van der Waals surface area contributed by atoms with E-state index in [0.29, 0.717) is 18.3 Å².